The summed E-state index contributed by atoms with van der Waals surface area (Å²) in [6.07, 6.45) is -0.341. The molecule has 0 bridgehead atoms. The van der Waals surface area contributed by atoms with Crippen molar-refractivity contribution in [3.8, 4) is 11.8 Å². The van der Waals surface area contributed by atoms with E-state index in [0.717, 1.165) is 16.9 Å². The van der Waals surface area contributed by atoms with E-state index in [0.29, 0.717) is 25.3 Å². The molecule has 0 aliphatic carbocycles. The van der Waals surface area contributed by atoms with E-state index in [-0.39, 0.29) is 12.0 Å². The molecule has 1 atom stereocenters. The predicted molar refractivity (Wildman–Crippen MR) is 94.5 cm³/mol. The first-order valence-corrected chi connectivity index (χ1v) is 8.18. The lowest BCUT2D eigenvalue weighted by Gasteiger charge is -2.15. The van der Waals surface area contributed by atoms with Gasteiger partial charge in [0, 0.05) is 18.7 Å². The van der Waals surface area contributed by atoms with Gasteiger partial charge in [0.2, 0.25) is 0 Å². The number of aliphatic hydroxyl groups is 1. The molecular weight excluding hydrogens is 300 g/mol. The van der Waals surface area contributed by atoms with Gasteiger partial charge in [-0.3, -0.25) is 0 Å². The van der Waals surface area contributed by atoms with Gasteiger partial charge in [-0.25, -0.2) is 0 Å². The van der Waals surface area contributed by atoms with Crippen molar-refractivity contribution in [3.63, 3.8) is 0 Å². The first-order valence-electron chi connectivity index (χ1n) is 8.18. The molecule has 0 saturated heterocycles. The minimum atomic E-state index is -0.341. The monoisotopic (exact) mass is 324 g/mol. The van der Waals surface area contributed by atoms with Crippen LogP contribution < -0.4 is 10.1 Å². The Labute approximate surface area is 143 Å². The summed E-state index contributed by atoms with van der Waals surface area (Å²) in [4.78, 5) is 0. The zero-order chi connectivity index (χ0) is 17.4. The third kappa shape index (κ3) is 5.38. The Kier molecular flexibility index (Phi) is 6.80. The van der Waals surface area contributed by atoms with Crippen LogP contribution in [0.3, 0.4) is 0 Å². The van der Waals surface area contributed by atoms with Crippen molar-refractivity contribution in [3.05, 3.63) is 65.2 Å². The quantitative estimate of drug-likeness (QED) is 0.782. The van der Waals surface area contributed by atoms with E-state index in [1.54, 1.807) is 6.07 Å². The Morgan fingerprint density at radius 2 is 1.96 bits per heavy atom. The predicted octanol–water partition coefficient (Wildman–Crippen LogP) is 3.24. The molecule has 0 radical (unpaired) electrons. The third-order valence-corrected chi connectivity index (χ3v) is 3.88. The van der Waals surface area contributed by atoms with Crippen LogP contribution in [0.15, 0.2) is 48.5 Å². The molecule has 0 aromatic heterocycles. The number of hydrogen-bond donors (Lipinski definition) is 2. The summed E-state index contributed by atoms with van der Waals surface area (Å²) < 4.78 is 5.81. The van der Waals surface area contributed by atoms with Gasteiger partial charge in [0.25, 0.3) is 0 Å². The van der Waals surface area contributed by atoms with Crippen molar-refractivity contribution in [1.82, 2.24) is 5.32 Å². The van der Waals surface area contributed by atoms with Crippen molar-refractivity contribution < 1.29 is 9.84 Å². The van der Waals surface area contributed by atoms with Crippen LogP contribution in [0.1, 0.15) is 30.5 Å². The molecule has 0 saturated carbocycles. The zero-order valence-corrected chi connectivity index (χ0v) is 14.2. The van der Waals surface area contributed by atoms with E-state index in [9.17, 15) is 5.11 Å². The number of aliphatic hydroxyl groups excluding tert-OH is 1. The highest BCUT2D eigenvalue weighted by Crippen LogP contribution is 2.16. The molecule has 2 N–H and O–H groups in total. The van der Waals surface area contributed by atoms with Crippen LogP contribution in [-0.2, 0) is 13.2 Å². The summed E-state index contributed by atoms with van der Waals surface area (Å²) in [7, 11) is 0. The maximum absolute atomic E-state index is 9.81. The molecular formula is C20H24N2O2. The molecule has 4 nitrogen and oxygen atoms in total. The van der Waals surface area contributed by atoms with Gasteiger partial charge in [-0.15, -0.1) is 0 Å². The van der Waals surface area contributed by atoms with Crippen LogP contribution in [0.25, 0.3) is 0 Å². The molecule has 2 rings (SSSR count). The van der Waals surface area contributed by atoms with Gasteiger partial charge in [-0.2, -0.15) is 5.26 Å². The Hall–Kier alpha value is -2.35. The van der Waals surface area contributed by atoms with Gasteiger partial charge in [0.15, 0.2) is 0 Å². The van der Waals surface area contributed by atoms with Crippen LogP contribution in [-0.4, -0.2) is 17.8 Å². The number of hydrogen-bond acceptors (Lipinski definition) is 4. The number of nitrogens with zero attached hydrogens (tertiary/aromatic N) is 1. The van der Waals surface area contributed by atoms with Gasteiger partial charge in [0.1, 0.15) is 12.4 Å². The minimum absolute atomic E-state index is 0.243. The number of ether oxygens (including phenoxy) is 1. The Bertz CT molecular complexity index is 692. The van der Waals surface area contributed by atoms with Crippen molar-refractivity contribution in [1.29, 1.82) is 5.26 Å². The van der Waals surface area contributed by atoms with E-state index >= 15 is 0 Å². The molecule has 0 aliphatic rings. The molecule has 0 fully saturated rings. The number of nitrogens with one attached hydrogen (secondary N) is 1. The van der Waals surface area contributed by atoms with Crippen LogP contribution >= 0.6 is 0 Å². The van der Waals surface area contributed by atoms with Crippen LogP contribution in [0.5, 0.6) is 5.75 Å². The minimum Gasteiger partial charge on any atom is -0.489 e. The standard InChI is InChI=1S/C20H24N2O2/c1-15(2)20(23)13-22-12-16-6-5-9-19(10-16)24-14-18-8-4-3-7-17(18)11-21/h3-10,15,20,22-23H,12-14H2,1-2H3. The lowest BCUT2D eigenvalue weighted by molar-refractivity contribution is 0.123. The van der Waals surface area contributed by atoms with Gasteiger partial charge in [0.05, 0.1) is 17.7 Å². The second-order valence-electron chi connectivity index (χ2n) is 6.15. The summed E-state index contributed by atoms with van der Waals surface area (Å²) in [6, 6.07) is 17.5. The fraction of sp³-hybridized carbons (Fsp3) is 0.350. The molecule has 0 spiro atoms. The highest BCUT2D eigenvalue weighted by molar-refractivity contribution is 5.37. The lowest BCUT2D eigenvalue weighted by atomic mass is 10.1. The third-order valence-electron chi connectivity index (χ3n) is 3.88. The zero-order valence-electron chi connectivity index (χ0n) is 14.2. The summed E-state index contributed by atoms with van der Waals surface area (Å²) in [5.74, 6) is 1.01. The number of rotatable bonds is 8. The highest BCUT2D eigenvalue weighted by atomic mass is 16.5. The Morgan fingerprint density at radius 3 is 2.71 bits per heavy atom. The average Bonchev–Trinajstić information content (AvgIpc) is 2.60. The summed E-state index contributed by atoms with van der Waals surface area (Å²) in [5, 5.41) is 22.2. The molecule has 126 valence electrons. The van der Waals surface area contributed by atoms with Crippen LogP contribution in [0.4, 0.5) is 0 Å². The Morgan fingerprint density at radius 1 is 1.17 bits per heavy atom. The molecule has 24 heavy (non-hydrogen) atoms. The molecule has 2 aromatic carbocycles. The van der Waals surface area contributed by atoms with E-state index in [2.05, 4.69) is 11.4 Å². The Balaban J connectivity index is 1.90. The second kappa shape index (κ2) is 9.07. The van der Waals surface area contributed by atoms with Crippen molar-refractivity contribution in [2.45, 2.75) is 33.1 Å². The molecule has 1 unspecified atom stereocenters. The molecule has 2 aromatic rings. The van der Waals surface area contributed by atoms with Crippen molar-refractivity contribution in [2.24, 2.45) is 5.92 Å². The van der Waals surface area contributed by atoms with Crippen molar-refractivity contribution in [2.75, 3.05) is 6.54 Å². The fourth-order valence-electron chi connectivity index (χ4n) is 2.26. The average molecular weight is 324 g/mol. The van der Waals surface area contributed by atoms with E-state index < -0.39 is 0 Å². The summed E-state index contributed by atoms with van der Waals surface area (Å²) >= 11 is 0. The molecule has 0 amide bonds. The molecule has 4 heteroatoms. The molecule has 0 heterocycles. The number of benzene rings is 2. The lowest BCUT2D eigenvalue weighted by Crippen LogP contribution is -2.30. The van der Waals surface area contributed by atoms with Gasteiger partial charge in [-0.1, -0.05) is 44.2 Å². The number of nitriles is 1. The second-order valence-corrected chi connectivity index (χ2v) is 6.15. The first-order chi connectivity index (χ1) is 11.6. The highest BCUT2D eigenvalue weighted by Gasteiger charge is 2.08. The van der Waals surface area contributed by atoms with Crippen LogP contribution in [0.2, 0.25) is 0 Å². The van der Waals surface area contributed by atoms with Gasteiger partial charge >= 0.3 is 0 Å². The first kappa shape index (κ1) is 18.0. The summed E-state index contributed by atoms with van der Waals surface area (Å²) in [6.45, 7) is 5.61. The van der Waals surface area contributed by atoms with E-state index in [1.165, 1.54) is 0 Å². The van der Waals surface area contributed by atoms with E-state index in [1.807, 2.05) is 56.3 Å². The summed E-state index contributed by atoms with van der Waals surface area (Å²) in [5.41, 5.74) is 2.61. The maximum Gasteiger partial charge on any atom is 0.120 e. The van der Waals surface area contributed by atoms with Gasteiger partial charge in [-0.05, 0) is 29.7 Å². The fourth-order valence-corrected chi connectivity index (χ4v) is 2.26. The van der Waals surface area contributed by atoms with Crippen LogP contribution in [0, 0.1) is 17.2 Å². The van der Waals surface area contributed by atoms with Crippen molar-refractivity contribution >= 4 is 0 Å². The van der Waals surface area contributed by atoms with Gasteiger partial charge < -0.3 is 15.2 Å². The molecule has 0 aliphatic heterocycles. The van der Waals surface area contributed by atoms with E-state index in [4.69, 9.17) is 10.00 Å². The topological polar surface area (TPSA) is 65.3 Å². The normalized spacial score (nSPS) is 12.0. The maximum atomic E-state index is 9.81. The smallest absolute Gasteiger partial charge is 0.120 e. The SMILES string of the molecule is CC(C)C(O)CNCc1cccc(OCc2ccccc2C#N)c1. The largest absolute Gasteiger partial charge is 0.489 e.